The highest BCUT2D eigenvalue weighted by molar-refractivity contribution is 5.96. The van der Waals surface area contributed by atoms with Gasteiger partial charge in [-0.25, -0.2) is 0 Å². The molecule has 0 fully saturated rings. The number of nitrogens with zero attached hydrogens (tertiary/aromatic N) is 1. The average molecular weight is 391 g/mol. The monoisotopic (exact) mass is 390 g/mol. The molecule has 0 heterocycles. The van der Waals surface area contributed by atoms with Crippen molar-refractivity contribution in [2.24, 2.45) is 4.99 Å². The number of aliphatic imine (C=N–C) groups is 1. The maximum absolute atomic E-state index is 5.03. The van der Waals surface area contributed by atoms with Gasteiger partial charge in [0.15, 0.2) is 0 Å². The van der Waals surface area contributed by atoms with Crippen LogP contribution in [0.15, 0.2) is 53.2 Å². The summed E-state index contributed by atoms with van der Waals surface area (Å²) in [6.07, 6.45) is 8.67. The summed E-state index contributed by atoms with van der Waals surface area (Å²) in [5, 5.41) is 3.68. The van der Waals surface area contributed by atoms with E-state index in [1.54, 1.807) is 0 Å². The first kappa shape index (κ1) is 22.9. The standard InChI is InChI=1S/C27H38N2/c1-7-13-24-17-11-15-22(9-3)26(24)28-20(5)19-21(6)29-27-23(10-4)16-12-18-25(27)14-8-2/h11-12,15-19,28H,7-10,13-14H2,1-6H3/b20-19-,29-21?. The van der Waals surface area contributed by atoms with Crippen LogP contribution < -0.4 is 5.32 Å². The molecule has 0 aliphatic rings. The molecular weight excluding hydrogens is 352 g/mol. The molecule has 29 heavy (non-hydrogen) atoms. The van der Waals surface area contributed by atoms with Gasteiger partial charge < -0.3 is 5.32 Å². The molecule has 0 saturated heterocycles. The van der Waals surface area contributed by atoms with Crippen LogP contribution in [-0.2, 0) is 25.7 Å². The van der Waals surface area contributed by atoms with Crippen molar-refractivity contribution in [3.8, 4) is 0 Å². The lowest BCUT2D eigenvalue weighted by atomic mass is 10.0. The number of rotatable bonds is 10. The van der Waals surface area contributed by atoms with Gasteiger partial charge in [-0.15, -0.1) is 0 Å². The van der Waals surface area contributed by atoms with Gasteiger partial charge in [-0.05, 0) is 67.9 Å². The summed E-state index contributed by atoms with van der Waals surface area (Å²) in [5.41, 5.74) is 10.1. The van der Waals surface area contributed by atoms with E-state index < -0.39 is 0 Å². The van der Waals surface area contributed by atoms with Crippen LogP contribution in [0.25, 0.3) is 0 Å². The van der Waals surface area contributed by atoms with E-state index >= 15 is 0 Å². The molecule has 156 valence electrons. The SMILES string of the molecule is CCCc1cccc(CC)c1N=C(C)/C=C(/C)Nc1c(CC)cccc1CCC. The van der Waals surface area contributed by atoms with Crippen molar-refractivity contribution in [1.29, 1.82) is 0 Å². The number of allylic oxidation sites excluding steroid dienone is 2. The summed E-state index contributed by atoms with van der Waals surface area (Å²) in [4.78, 5) is 5.03. The molecule has 0 aliphatic heterocycles. The molecule has 0 unspecified atom stereocenters. The van der Waals surface area contributed by atoms with Crippen LogP contribution in [0.2, 0.25) is 0 Å². The van der Waals surface area contributed by atoms with Crippen LogP contribution in [0.1, 0.15) is 76.6 Å². The van der Waals surface area contributed by atoms with Gasteiger partial charge in [-0.2, -0.15) is 0 Å². The van der Waals surface area contributed by atoms with Gasteiger partial charge in [0.05, 0.1) is 5.69 Å². The highest BCUT2D eigenvalue weighted by Gasteiger charge is 2.08. The number of para-hydroxylation sites is 2. The predicted octanol–water partition coefficient (Wildman–Crippen LogP) is 7.82. The van der Waals surface area contributed by atoms with E-state index in [0.717, 1.165) is 49.9 Å². The quantitative estimate of drug-likeness (QED) is 0.411. The lowest BCUT2D eigenvalue weighted by Gasteiger charge is -2.16. The van der Waals surface area contributed by atoms with Crippen LogP contribution in [0.4, 0.5) is 11.4 Å². The Bertz CT molecular complexity index is 859. The molecule has 1 N–H and O–H groups in total. The van der Waals surface area contributed by atoms with Gasteiger partial charge in [-0.1, -0.05) is 76.9 Å². The van der Waals surface area contributed by atoms with Crippen LogP contribution in [-0.4, -0.2) is 5.71 Å². The van der Waals surface area contributed by atoms with Gasteiger partial charge >= 0.3 is 0 Å². The maximum atomic E-state index is 5.03. The second-order valence-corrected chi connectivity index (χ2v) is 7.79. The van der Waals surface area contributed by atoms with E-state index in [1.165, 1.54) is 33.6 Å². The second-order valence-electron chi connectivity index (χ2n) is 7.79. The Morgan fingerprint density at radius 2 is 1.34 bits per heavy atom. The second kappa shape index (κ2) is 11.6. The van der Waals surface area contributed by atoms with Gasteiger partial charge in [0.2, 0.25) is 0 Å². The zero-order valence-electron chi connectivity index (χ0n) is 19.2. The minimum absolute atomic E-state index is 1.01. The predicted molar refractivity (Wildman–Crippen MR) is 130 cm³/mol. The van der Waals surface area contributed by atoms with Crippen LogP contribution >= 0.6 is 0 Å². The molecule has 2 aromatic rings. The lowest BCUT2D eigenvalue weighted by Crippen LogP contribution is -2.05. The summed E-state index contributed by atoms with van der Waals surface area (Å²) in [6.45, 7) is 13.1. The van der Waals surface area contributed by atoms with Crippen LogP contribution in [0.5, 0.6) is 0 Å². The van der Waals surface area contributed by atoms with Crippen molar-refractivity contribution in [2.45, 2.75) is 80.1 Å². The molecule has 0 atom stereocenters. The Morgan fingerprint density at radius 3 is 1.97 bits per heavy atom. The minimum Gasteiger partial charge on any atom is -0.359 e. The van der Waals surface area contributed by atoms with E-state index in [9.17, 15) is 0 Å². The van der Waals surface area contributed by atoms with Gasteiger partial charge in [0, 0.05) is 17.1 Å². The Morgan fingerprint density at radius 1 is 0.793 bits per heavy atom. The van der Waals surface area contributed by atoms with Crippen molar-refractivity contribution in [3.63, 3.8) is 0 Å². The van der Waals surface area contributed by atoms with Crippen molar-refractivity contribution in [3.05, 3.63) is 70.4 Å². The fraction of sp³-hybridized carbons (Fsp3) is 0.444. The first-order valence-electron chi connectivity index (χ1n) is 11.3. The molecule has 2 nitrogen and oxygen atoms in total. The number of benzene rings is 2. The number of nitrogens with one attached hydrogen (secondary N) is 1. The minimum atomic E-state index is 1.01. The first-order valence-corrected chi connectivity index (χ1v) is 11.3. The topological polar surface area (TPSA) is 24.4 Å². The highest BCUT2D eigenvalue weighted by atomic mass is 14.9. The van der Waals surface area contributed by atoms with E-state index in [-0.39, 0.29) is 0 Å². The molecule has 0 saturated carbocycles. The Kier molecular flexibility index (Phi) is 9.18. The van der Waals surface area contributed by atoms with Crippen molar-refractivity contribution in [2.75, 3.05) is 5.32 Å². The fourth-order valence-electron chi connectivity index (χ4n) is 3.89. The first-order chi connectivity index (χ1) is 14.0. The van der Waals surface area contributed by atoms with Crippen LogP contribution in [0.3, 0.4) is 0 Å². The van der Waals surface area contributed by atoms with Crippen molar-refractivity contribution < 1.29 is 0 Å². The lowest BCUT2D eigenvalue weighted by molar-refractivity contribution is 0.917. The Labute approximate surface area is 178 Å². The van der Waals surface area contributed by atoms with Crippen molar-refractivity contribution in [1.82, 2.24) is 0 Å². The summed E-state index contributed by atoms with van der Waals surface area (Å²) in [6, 6.07) is 13.2. The third-order valence-electron chi connectivity index (χ3n) is 5.28. The molecule has 0 amide bonds. The molecule has 0 aromatic heterocycles. The third-order valence-corrected chi connectivity index (χ3v) is 5.28. The zero-order chi connectivity index (χ0) is 21.2. The summed E-state index contributed by atoms with van der Waals surface area (Å²) in [5.74, 6) is 0. The molecule has 2 aromatic carbocycles. The highest BCUT2D eigenvalue weighted by Crippen LogP contribution is 2.28. The average Bonchev–Trinajstić information content (AvgIpc) is 2.70. The number of aryl methyl sites for hydroxylation is 4. The molecule has 0 spiro atoms. The van der Waals surface area contributed by atoms with E-state index in [4.69, 9.17) is 4.99 Å². The van der Waals surface area contributed by atoms with Gasteiger partial charge in [-0.3, -0.25) is 4.99 Å². The molecule has 2 heteroatoms. The number of hydrogen-bond donors (Lipinski definition) is 1. The van der Waals surface area contributed by atoms with Crippen LogP contribution in [0, 0.1) is 0 Å². The van der Waals surface area contributed by atoms with E-state index in [1.807, 2.05) is 0 Å². The van der Waals surface area contributed by atoms with Gasteiger partial charge in [0.1, 0.15) is 0 Å². The normalized spacial score (nSPS) is 12.3. The zero-order valence-corrected chi connectivity index (χ0v) is 19.2. The number of hydrogen-bond acceptors (Lipinski definition) is 2. The Hall–Kier alpha value is -2.35. The number of anilines is 1. The Balaban J connectivity index is 2.34. The maximum Gasteiger partial charge on any atom is 0.0696 e. The molecule has 0 aliphatic carbocycles. The fourth-order valence-corrected chi connectivity index (χ4v) is 3.89. The smallest absolute Gasteiger partial charge is 0.0696 e. The summed E-state index contributed by atoms with van der Waals surface area (Å²) in [7, 11) is 0. The van der Waals surface area contributed by atoms with Gasteiger partial charge in [0.25, 0.3) is 0 Å². The largest absolute Gasteiger partial charge is 0.359 e. The van der Waals surface area contributed by atoms with E-state index in [0.29, 0.717) is 0 Å². The van der Waals surface area contributed by atoms with Crippen molar-refractivity contribution >= 4 is 17.1 Å². The van der Waals surface area contributed by atoms with E-state index in [2.05, 4.69) is 89.3 Å². The molecule has 0 bridgehead atoms. The summed E-state index contributed by atoms with van der Waals surface area (Å²) < 4.78 is 0. The molecule has 0 radical (unpaired) electrons. The third kappa shape index (κ3) is 6.32. The molecule has 2 rings (SSSR count). The summed E-state index contributed by atoms with van der Waals surface area (Å²) >= 11 is 0. The molecular formula is C27H38N2.